The normalized spacial score (nSPS) is 18.6. The van der Waals surface area contributed by atoms with Crippen LogP contribution in [0.4, 0.5) is 0 Å². The van der Waals surface area contributed by atoms with Gasteiger partial charge < -0.3 is 14.4 Å². The molecule has 2 aromatic rings. The van der Waals surface area contributed by atoms with Gasteiger partial charge in [0.2, 0.25) is 0 Å². The van der Waals surface area contributed by atoms with E-state index in [1.165, 1.54) is 0 Å². The third kappa shape index (κ3) is 2.96. The van der Waals surface area contributed by atoms with E-state index in [1.807, 2.05) is 53.4 Å². The summed E-state index contributed by atoms with van der Waals surface area (Å²) in [6, 6.07) is 16.2. The minimum Gasteiger partial charge on any atom is -0.497 e. The summed E-state index contributed by atoms with van der Waals surface area (Å²) in [5, 5.41) is 0. The van der Waals surface area contributed by atoms with Gasteiger partial charge in [-0.15, -0.1) is 0 Å². The van der Waals surface area contributed by atoms with E-state index in [4.69, 9.17) is 9.47 Å². The Morgan fingerprint density at radius 1 is 1.17 bits per heavy atom. The maximum Gasteiger partial charge on any atom is 0.264 e. The van der Waals surface area contributed by atoms with E-state index in [9.17, 15) is 4.79 Å². The van der Waals surface area contributed by atoms with E-state index in [0.717, 1.165) is 35.5 Å². The molecule has 24 heavy (non-hydrogen) atoms. The van der Waals surface area contributed by atoms with Gasteiger partial charge in [-0.25, -0.2) is 0 Å². The molecular formula is C20H21NO3. The van der Waals surface area contributed by atoms with Crippen molar-refractivity contribution >= 4 is 5.91 Å². The van der Waals surface area contributed by atoms with E-state index in [2.05, 4.69) is 0 Å². The first-order valence-electron chi connectivity index (χ1n) is 8.42. The average molecular weight is 323 g/mol. The predicted octanol–water partition coefficient (Wildman–Crippen LogP) is 3.19. The summed E-state index contributed by atoms with van der Waals surface area (Å²) in [4.78, 5) is 15.0. The van der Waals surface area contributed by atoms with Gasteiger partial charge in [0, 0.05) is 19.0 Å². The summed E-state index contributed by atoms with van der Waals surface area (Å²) in [6.07, 6.45) is 2.45. The van der Waals surface area contributed by atoms with Gasteiger partial charge in [-0.1, -0.05) is 30.3 Å². The number of fused-ring (bicyclic) bond motifs is 1. The van der Waals surface area contributed by atoms with Gasteiger partial charge in [0.1, 0.15) is 11.5 Å². The monoisotopic (exact) mass is 323 g/mol. The van der Waals surface area contributed by atoms with Crippen LogP contribution in [0.1, 0.15) is 24.0 Å². The molecule has 0 aromatic heterocycles. The van der Waals surface area contributed by atoms with Crippen LogP contribution in [0.2, 0.25) is 0 Å². The third-order valence-corrected chi connectivity index (χ3v) is 4.71. The van der Waals surface area contributed by atoms with Crippen LogP contribution in [0, 0.1) is 0 Å². The van der Waals surface area contributed by atoms with Crippen LogP contribution in [0.5, 0.6) is 11.5 Å². The Labute approximate surface area is 142 Å². The van der Waals surface area contributed by atoms with Gasteiger partial charge in [0.05, 0.1) is 7.11 Å². The Hall–Kier alpha value is -2.49. The number of ether oxygens (including phenoxy) is 2. The summed E-state index contributed by atoms with van der Waals surface area (Å²) in [7, 11) is 1.66. The number of hydrogen-bond acceptors (Lipinski definition) is 3. The molecule has 124 valence electrons. The molecule has 1 aliphatic heterocycles. The van der Waals surface area contributed by atoms with E-state index < -0.39 is 0 Å². The number of nitrogens with zero attached hydrogens (tertiary/aromatic N) is 1. The van der Waals surface area contributed by atoms with Crippen molar-refractivity contribution in [3.05, 3.63) is 59.7 Å². The van der Waals surface area contributed by atoms with Crippen molar-refractivity contribution in [2.24, 2.45) is 0 Å². The number of carbonyl (C=O) groups excluding carboxylic acids is 1. The van der Waals surface area contributed by atoms with Crippen LogP contribution in [0.15, 0.2) is 48.5 Å². The molecule has 1 heterocycles. The Balaban J connectivity index is 1.48. The van der Waals surface area contributed by atoms with Gasteiger partial charge in [0.25, 0.3) is 5.91 Å². The molecule has 2 aliphatic rings. The molecule has 0 radical (unpaired) electrons. The number of methoxy groups -OCH3 is 1. The molecule has 0 N–H and O–H groups in total. The number of hydrogen-bond donors (Lipinski definition) is 0. The molecule has 4 rings (SSSR count). The molecule has 1 amide bonds. The second kappa shape index (κ2) is 6.19. The molecular weight excluding hydrogens is 302 g/mol. The van der Waals surface area contributed by atoms with Gasteiger partial charge in [-0.05, 0) is 42.2 Å². The van der Waals surface area contributed by atoms with Crippen LogP contribution < -0.4 is 9.47 Å². The Morgan fingerprint density at radius 2 is 1.92 bits per heavy atom. The van der Waals surface area contributed by atoms with Crippen LogP contribution in [0.3, 0.4) is 0 Å². The average Bonchev–Trinajstić information content (AvgIpc) is 3.37. The Bertz CT molecular complexity index is 712. The van der Waals surface area contributed by atoms with Crippen LogP contribution in [0.25, 0.3) is 0 Å². The molecule has 1 fully saturated rings. The van der Waals surface area contributed by atoms with Crippen LogP contribution >= 0.6 is 0 Å². The molecule has 1 aliphatic carbocycles. The molecule has 0 spiro atoms. The third-order valence-electron chi connectivity index (χ3n) is 4.71. The predicted molar refractivity (Wildman–Crippen MR) is 91.1 cm³/mol. The zero-order valence-electron chi connectivity index (χ0n) is 13.8. The smallest absolute Gasteiger partial charge is 0.264 e. The fourth-order valence-electron chi connectivity index (χ4n) is 3.21. The highest BCUT2D eigenvalue weighted by atomic mass is 16.5. The molecule has 4 nitrogen and oxygen atoms in total. The van der Waals surface area contributed by atoms with Gasteiger partial charge >= 0.3 is 0 Å². The van der Waals surface area contributed by atoms with Crippen molar-refractivity contribution in [3.8, 4) is 11.5 Å². The minimum absolute atomic E-state index is 0.101. The minimum atomic E-state index is -0.388. The summed E-state index contributed by atoms with van der Waals surface area (Å²) < 4.78 is 11.1. The van der Waals surface area contributed by atoms with E-state index in [-0.39, 0.29) is 12.0 Å². The van der Waals surface area contributed by atoms with Gasteiger partial charge in [0.15, 0.2) is 6.10 Å². The highest BCUT2D eigenvalue weighted by Gasteiger charge is 2.39. The molecule has 0 saturated heterocycles. The first kappa shape index (κ1) is 15.1. The standard InChI is InChI=1S/C20H21NO3/c1-23-17-10-6-14(7-11-17)13-21(16-8-9-16)20(22)19-12-15-4-2-3-5-18(15)24-19/h2-7,10-11,16,19H,8-9,12-13H2,1H3/t19-/m1/s1. The summed E-state index contributed by atoms with van der Waals surface area (Å²) in [5.41, 5.74) is 2.24. The lowest BCUT2D eigenvalue weighted by atomic mass is 10.1. The van der Waals surface area contributed by atoms with Crippen molar-refractivity contribution in [1.82, 2.24) is 4.90 Å². The Morgan fingerprint density at radius 3 is 2.58 bits per heavy atom. The number of benzene rings is 2. The van der Waals surface area contributed by atoms with E-state index in [0.29, 0.717) is 19.0 Å². The number of amides is 1. The van der Waals surface area contributed by atoms with Crippen LogP contribution in [-0.4, -0.2) is 30.1 Å². The van der Waals surface area contributed by atoms with Gasteiger partial charge in [-0.2, -0.15) is 0 Å². The first-order valence-corrected chi connectivity index (χ1v) is 8.42. The fraction of sp³-hybridized carbons (Fsp3) is 0.350. The zero-order valence-corrected chi connectivity index (χ0v) is 13.8. The summed E-state index contributed by atoms with van der Waals surface area (Å²) >= 11 is 0. The zero-order chi connectivity index (χ0) is 16.5. The SMILES string of the molecule is COc1ccc(CN(C(=O)[C@H]2Cc3ccccc3O2)C2CC2)cc1. The number of para-hydroxylation sites is 1. The Kier molecular flexibility index (Phi) is 3.89. The highest BCUT2D eigenvalue weighted by Crippen LogP contribution is 2.33. The molecule has 1 saturated carbocycles. The van der Waals surface area contributed by atoms with Crippen molar-refractivity contribution in [1.29, 1.82) is 0 Å². The van der Waals surface area contributed by atoms with Crippen molar-refractivity contribution in [2.45, 2.75) is 38.0 Å². The van der Waals surface area contributed by atoms with Gasteiger partial charge in [-0.3, -0.25) is 4.79 Å². The van der Waals surface area contributed by atoms with Crippen molar-refractivity contribution in [3.63, 3.8) is 0 Å². The van der Waals surface area contributed by atoms with Crippen molar-refractivity contribution < 1.29 is 14.3 Å². The molecule has 2 aromatic carbocycles. The largest absolute Gasteiger partial charge is 0.497 e. The summed E-state index contributed by atoms with van der Waals surface area (Å²) in [5.74, 6) is 1.78. The van der Waals surface area contributed by atoms with Crippen molar-refractivity contribution in [2.75, 3.05) is 7.11 Å². The molecule has 0 bridgehead atoms. The van der Waals surface area contributed by atoms with E-state index >= 15 is 0 Å². The second-order valence-corrected chi connectivity index (χ2v) is 6.46. The lowest BCUT2D eigenvalue weighted by molar-refractivity contribution is -0.139. The second-order valence-electron chi connectivity index (χ2n) is 6.46. The maximum absolute atomic E-state index is 13.0. The number of carbonyl (C=O) groups is 1. The fourth-order valence-corrected chi connectivity index (χ4v) is 3.21. The van der Waals surface area contributed by atoms with E-state index in [1.54, 1.807) is 7.11 Å². The maximum atomic E-state index is 13.0. The lowest BCUT2D eigenvalue weighted by Crippen LogP contribution is -2.42. The first-order chi connectivity index (χ1) is 11.7. The lowest BCUT2D eigenvalue weighted by Gasteiger charge is -2.25. The molecule has 1 atom stereocenters. The topological polar surface area (TPSA) is 38.8 Å². The number of rotatable bonds is 5. The quantitative estimate of drug-likeness (QED) is 0.848. The molecule has 4 heteroatoms. The van der Waals surface area contributed by atoms with Crippen LogP contribution in [-0.2, 0) is 17.8 Å². The highest BCUT2D eigenvalue weighted by molar-refractivity contribution is 5.83. The molecule has 0 unspecified atom stereocenters. The summed E-state index contributed by atoms with van der Waals surface area (Å²) in [6.45, 7) is 0.629.